The quantitative estimate of drug-likeness (QED) is 0.795. The summed E-state index contributed by atoms with van der Waals surface area (Å²) in [6.07, 6.45) is 0.325. The number of aromatic amines is 2. The fraction of sp³-hybridized carbons (Fsp3) is 0.615. The van der Waals surface area contributed by atoms with Gasteiger partial charge in [-0.3, -0.25) is 9.78 Å². The summed E-state index contributed by atoms with van der Waals surface area (Å²) in [7, 11) is 0. The Bertz CT molecular complexity index is 583. The van der Waals surface area contributed by atoms with E-state index in [2.05, 4.69) is 9.97 Å². The van der Waals surface area contributed by atoms with E-state index in [4.69, 9.17) is 4.74 Å². The van der Waals surface area contributed by atoms with Crippen molar-refractivity contribution in [1.29, 1.82) is 0 Å². The third-order valence-corrected chi connectivity index (χ3v) is 3.06. The maximum Gasteiger partial charge on any atom is 0.410 e. The number of aromatic nitrogens is 2. The summed E-state index contributed by atoms with van der Waals surface area (Å²) in [5.41, 5.74) is -0.930. The van der Waals surface area contributed by atoms with E-state index in [1.54, 1.807) is 4.90 Å². The number of likely N-dealkylation sites (tertiary alicyclic amines) is 1. The topological polar surface area (TPSA) is 95.3 Å². The molecule has 1 aliphatic heterocycles. The van der Waals surface area contributed by atoms with Gasteiger partial charge in [-0.05, 0) is 27.2 Å². The van der Waals surface area contributed by atoms with Crippen molar-refractivity contribution in [2.75, 3.05) is 13.1 Å². The lowest BCUT2D eigenvalue weighted by Crippen LogP contribution is -2.35. The van der Waals surface area contributed by atoms with Crippen LogP contribution in [0.25, 0.3) is 0 Å². The van der Waals surface area contributed by atoms with Crippen LogP contribution in [0.15, 0.2) is 15.7 Å². The highest BCUT2D eigenvalue weighted by Crippen LogP contribution is 2.25. The zero-order valence-electron chi connectivity index (χ0n) is 11.9. The Hall–Kier alpha value is -2.05. The number of hydrogen-bond donors (Lipinski definition) is 2. The molecule has 2 rings (SSSR count). The summed E-state index contributed by atoms with van der Waals surface area (Å²) in [6.45, 7) is 6.43. The standard InChI is InChI=1S/C13H19N3O4/c1-13(2,3)20-12(19)16-5-4-8(7-16)9-6-10(17)15-11(18)14-9/h6,8H,4-5,7H2,1-3H3,(H2,14,15,17,18)/t8-/m0/s1. The molecule has 1 aliphatic rings. The lowest BCUT2D eigenvalue weighted by atomic mass is 10.1. The van der Waals surface area contributed by atoms with Crippen LogP contribution in [0.1, 0.15) is 38.8 Å². The molecule has 0 aromatic carbocycles. The Morgan fingerprint density at radius 1 is 1.35 bits per heavy atom. The van der Waals surface area contributed by atoms with Crippen LogP contribution in [0, 0.1) is 0 Å². The van der Waals surface area contributed by atoms with Crippen LogP contribution in [0.3, 0.4) is 0 Å². The van der Waals surface area contributed by atoms with E-state index in [-0.39, 0.29) is 12.0 Å². The van der Waals surface area contributed by atoms with Gasteiger partial charge in [0.1, 0.15) is 5.60 Å². The SMILES string of the molecule is CC(C)(C)OC(=O)N1CC[C@H](c2cc(=O)[nH]c(=O)[nH]2)C1. The zero-order valence-corrected chi connectivity index (χ0v) is 11.9. The second-order valence-corrected chi connectivity index (χ2v) is 5.96. The van der Waals surface area contributed by atoms with Crippen LogP contribution < -0.4 is 11.2 Å². The van der Waals surface area contributed by atoms with E-state index in [0.717, 1.165) is 0 Å². The van der Waals surface area contributed by atoms with Crippen LogP contribution >= 0.6 is 0 Å². The van der Waals surface area contributed by atoms with E-state index in [1.165, 1.54) is 6.07 Å². The van der Waals surface area contributed by atoms with Crippen molar-refractivity contribution in [2.24, 2.45) is 0 Å². The lowest BCUT2D eigenvalue weighted by molar-refractivity contribution is 0.0292. The number of carbonyl (C=O) groups excluding carboxylic acids is 1. The van der Waals surface area contributed by atoms with Crippen molar-refractivity contribution < 1.29 is 9.53 Å². The van der Waals surface area contributed by atoms with E-state index >= 15 is 0 Å². The summed E-state index contributed by atoms with van der Waals surface area (Å²) in [5.74, 6) is -0.0440. The molecule has 1 aromatic heterocycles. The number of ether oxygens (including phenoxy) is 1. The predicted octanol–water partition coefficient (Wildman–Crippen LogP) is 0.788. The number of nitrogens with one attached hydrogen (secondary N) is 2. The van der Waals surface area contributed by atoms with Crippen molar-refractivity contribution in [3.63, 3.8) is 0 Å². The first-order valence-corrected chi connectivity index (χ1v) is 6.56. The smallest absolute Gasteiger partial charge is 0.410 e. The average Bonchev–Trinajstić information content (AvgIpc) is 2.74. The largest absolute Gasteiger partial charge is 0.444 e. The van der Waals surface area contributed by atoms with Crippen LogP contribution in [0.5, 0.6) is 0 Å². The molecule has 1 saturated heterocycles. The van der Waals surface area contributed by atoms with Gasteiger partial charge in [0, 0.05) is 30.8 Å². The minimum absolute atomic E-state index is 0.0440. The molecule has 0 saturated carbocycles. The Kier molecular flexibility index (Phi) is 3.69. The zero-order chi connectivity index (χ0) is 14.9. The first kappa shape index (κ1) is 14.4. The highest BCUT2D eigenvalue weighted by atomic mass is 16.6. The van der Waals surface area contributed by atoms with Gasteiger partial charge in [-0.15, -0.1) is 0 Å². The van der Waals surface area contributed by atoms with E-state index in [1.807, 2.05) is 20.8 Å². The molecular formula is C13H19N3O4. The Morgan fingerprint density at radius 2 is 2.05 bits per heavy atom. The van der Waals surface area contributed by atoms with Gasteiger partial charge >= 0.3 is 11.8 Å². The van der Waals surface area contributed by atoms with Crippen molar-refractivity contribution >= 4 is 6.09 Å². The van der Waals surface area contributed by atoms with Gasteiger partial charge in [0.15, 0.2) is 0 Å². The molecule has 0 radical (unpaired) electrons. The summed E-state index contributed by atoms with van der Waals surface area (Å²) >= 11 is 0. The molecule has 0 aliphatic carbocycles. The summed E-state index contributed by atoms with van der Waals surface area (Å²) < 4.78 is 5.30. The fourth-order valence-corrected chi connectivity index (χ4v) is 2.21. The highest BCUT2D eigenvalue weighted by Gasteiger charge is 2.31. The molecule has 1 fully saturated rings. The molecule has 1 amide bonds. The van der Waals surface area contributed by atoms with Crippen LogP contribution in [0.4, 0.5) is 4.79 Å². The van der Waals surface area contributed by atoms with Crippen molar-refractivity contribution in [1.82, 2.24) is 14.9 Å². The molecule has 1 aromatic rings. The van der Waals surface area contributed by atoms with Gasteiger partial charge < -0.3 is 14.6 Å². The molecular weight excluding hydrogens is 262 g/mol. The highest BCUT2D eigenvalue weighted by molar-refractivity contribution is 5.68. The van der Waals surface area contributed by atoms with Gasteiger partial charge in [0.25, 0.3) is 5.56 Å². The predicted molar refractivity (Wildman–Crippen MR) is 72.8 cm³/mol. The van der Waals surface area contributed by atoms with Crippen molar-refractivity contribution in [3.05, 3.63) is 32.6 Å². The molecule has 0 unspecified atom stereocenters. The third-order valence-electron chi connectivity index (χ3n) is 3.06. The van der Waals surface area contributed by atoms with Gasteiger partial charge in [-0.1, -0.05) is 0 Å². The summed E-state index contributed by atoms with van der Waals surface area (Å²) in [5, 5.41) is 0. The monoisotopic (exact) mass is 281 g/mol. The molecule has 7 heteroatoms. The number of H-pyrrole nitrogens is 2. The van der Waals surface area contributed by atoms with E-state index in [0.29, 0.717) is 25.2 Å². The van der Waals surface area contributed by atoms with Gasteiger partial charge in [0.2, 0.25) is 0 Å². The summed E-state index contributed by atoms with van der Waals surface area (Å²) in [4.78, 5) is 40.8. The Balaban J connectivity index is 2.07. The maximum atomic E-state index is 11.9. The maximum absolute atomic E-state index is 11.9. The molecule has 7 nitrogen and oxygen atoms in total. The van der Waals surface area contributed by atoms with Crippen LogP contribution in [-0.2, 0) is 4.74 Å². The molecule has 1 atom stereocenters. The first-order chi connectivity index (χ1) is 9.24. The molecule has 110 valence electrons. The van der Waals surface area contributed by atoms with Crippen LogP contribution in [-0.4, -0.2) is 39.7 Å². The summed E-state index contributed by atoms with van der Waals surface area (Å²) in [6, 6.07) is 1.37. The normalized spacial score (nSPS) is 19.1. The lowest BCUT2D eigenvalue weighted by Gasteiger charge is -2.24. The van der Waals surface area contributed by atoms with Gasteiger partial charge in [-0.25, -0.2) is 9.59 Å². The average molecular weight is 281 g/mol. The van der Waals surface area contributed by atoms with Crippen molar-refractivity contribution in [2.45, 2.75) is 38.7 Å². The Labute approximate surface area is 116 Å². The van der Waals surface area contributed by atoms with Crippen molar-refractivity contribution in [3.8, 4) is 0 Å². The first-order valence-electron chi connectivity index (χ1n) is 6.56. The second-order valence-electron chi connectivity index (χ2n) is 5.96. The fourth-order valence-electron chi connectivity index (χ4n) is 2.21. The third kappa shape index (κ3) is 3.49. The number of amides is 1. The minimum atomic E-state index is -0.534. The van der Waals surface area contributed by atoms with Crippen LogP contribution in [0.2, 0.25) is 0 Å². The molecule has 20 heavy (non-hydrogen) atoms. The minimum Gasteiger partial charge on any atom is -0.444 e. The second kappa shape index (κ2) is 5.15. The molecule has 0 bridgehead atoms. The van der Waals surface area contributed by atoms with E-state index < -0.39 is 16.9 Å². The molecule has 2 N–H and O–H groups in total. The van der Waals surface area contributed by atoms with E-state index in [9.17, 15) is 14.4 Å². The number of rotatable bonds is 1. The van der Waals surface area contributed by atoms with Gasteiger partial charge in [-0.2, -0.15) is 0 Å². The Morgan fingerprint density at radius 3 is 2.65 bits per heavy atom. The molecule has 2 heterocycles. The number of hydrogen-bond acceptors (Lipinski definition) is 4. The molecule has 0 spiro atoms. The number of nitrogens with zero attached hydrogens (tertiary/aromatic N) is 1. The van der Waals surface area contributed by atoms with Gasteiger partial charge in [0.05, 0.1) is 0 Å². The number of carbonyl (C=O) groups is 1.